The Morgan fingerprint density at radius 1 is 1.21 bits per heavy atom. The van der Waals surface area contributed by atoms with Crippen molar-refractivity contribution >= 4 is 34.7 Å². The van der Waals surface area contributed by atoms with Gasteiger partial charge in [0.05, 0.1) is 18.8 Å². The van der Waals surface area contributed by atoms with E-state index in [1.807, 2.05) is 24.4 Å². The molecule has 0 N–H and O–H groups in total. The van der Waals surface area contributed by atoms with Gasteiger partial charge in [-0.15, -0.1) is 11.8 Å². The number of ether oxygens (including phenoxy) is 1. The number of aromatic nitrogens is 3. The topological polar surface area (TPSA) is 47.9 Å². The highest BCUT2D eigenvalue weighted by Crippen LogP contribution is 2.25. The molecule has 0 bridgehead atoms. The van der Waals surface area contributed by atoms with Gasteiger partial charge in [-0.2, -0.15) is 8.75 Å². The van der Waals surface area contributed by atoms with Crippen LogP contribution in [-0.4, -0.2) is 20.8 Å². The molecular formula is C13H11N3OS2. The SMILES string of the molecule is COc1ccc(CSc2cnc3nsnc3c2)cc1. The Bertz CT molecular complexity index is 682. The number of nitrogens with zero attached hydrogens (tertiary/aromatic N) is 3. The summed E-state index contributed by atoms with van der Waals surface area (Å²) in [7, 11) is 1.67. The molecule has 1 aromatic carbocycles. The van der Waals surface area contributed by atoms with Gasteiger partial charge in [0.1, 0.15) is 11.3 Å². The van der Waals surface area contributed by atoms with E-state index >= 15 is 0 Å². The number of rotatable bonds is 4. The Balaban J connectivity index is 1.70. The summed E-state index contributed by atoms with van der Waals surface area (Å²) in [5, 5.41) is 0. The average molecular weight is 289 g/mol. The summed E-state index contributed by atoms with van der Waals surface area (Å²) in [6.45, 7) is 0. The fraction of sp³-hybridized carbons (Fsp3) is 0.154. The van der Waals surface area contributed by atoms with Crippen molar-refractivity contribution in [3.63, 3.8) is 0 Å². The molecule has 96 valence electrons. The highest BCUT2D eigenvalue weighted by molar-refractivity contribution is 7.98. The zero-order valence-electron chi connectivity index (χ0n) is 10.2. The molecule has 2 aromatic heterocycles. The van der Waals surface area contributed by atoms with Crippen LogP contribution < -0.4 is 4.74 Å². The second kappa shape index (κ2) is 5.54. The Kier molecular flexibility index (Phi) is 3.61. The van der Waals surface area contributed by atoms with Crippen molar-refractivity contribution in [3.8, 4) is 5.75 Å². The highest BCUT2D eigenvalue weighted by Gasteiger charge is 2.03. The third-order valence-electron chi connectivity index (χ3n) is 2.65. The Hall–Kier alpha value is -1.66. The molecule has 2 heterocycles. The third kappa shape index (κ3) is 2.85. The minimum absolute atomic E-state index is 0.721. The molecule has 3 aromatic rings. The van der Waals surface area contributed by atoms with E-state index in [2.05, 4.69) is 25.9 Å². The van der Waals surface area contributed by atoms with Crippen LogP contribution in [0.25, 0.3) is 11.2 Å². The van der Waals surface area contributed by atoms with E-state index < -0.39 is 0 Å². The third-order valence-corrected chi connectivity index (χ3v) is 4.22. The number of hydrogen-bond donors (Lipinski definition) is 0. The standard InChI is InChI=1S/C13H11N3OS2/c1-17-10-4-2-9(3-5-10)8-18-11-6-12-13(14-7-11)16-19-15-12/h2-7H,8H2,1H3. The molecule has 0 amide bonds. The normalized spacial score (nSPS) is 10.8. The van der Waals surface area contributed by atoms with E-state index in [4.69, 9.17) is 4.74 Å². The number of hydrogen-bond acceptors (Lipinski definition) is 6. The van der Waals surface area contributed by atoms with E-state index in [0.717, 1.165) is 27.6 Å². The van der Waals surface area contributed by atoms with Crippen molar-refractivity contribution < 1.29 is 4.74 Å². The van der Waals surface area contributed by atoms with Crippen molar-refractivity contribution in [1.29, 1.82) is 0 Å². The summed E-state index contributed by atoms with van der Waals surface area (Å²) in [4.78, 5) is 5.38. The van der Waals surface area contributed by atoms with Gasteiger partial charge < -0.3 is 4.74 Å². The van der Waals surface area contributed by atoms with Gasteiger partial charge in [0.25, 0.3) is 0 Å². The monoisotopic (exact) mass is 289 g/mol. The van der Waals surface area contributed by atoms with Crippen molar-refractivity contribution in [2.24, 2.45) is 0 Å². The zero-order valence-corrected chi connectivity index (χ0v) is 11.9. The lowest BCUT2D eigenvalue weighted by Crippen LogP contribution is -1.85. The van der Waals surface area contributed by atoms with Crippen molar-refractivity contribution in [3.05, 3.63) is 42.1 Å². The molecule has 19 heavy (non-hydrogen) atoms. The predicted molar refractivity (Wildman–Crippen MR) is 77.8 cm³/mol. The maximum Gasteiger partial charge on any atom is 0.193 e. The van der Waals surface area contributed by atoms with E-state index in [1.165, 1.54) is 17.3 Å². The van der Waals surface area contributed by atoms with E-state index in [9.17, 15) is 0 Å². The second-order valence-electron chi connectivity index (χ2n) is 3.91. The molecule has 0 saturated carbocycles. The van der Waals surface area contributed by atoms with Crippen LogP contribution in [0.2, 0.25) is 0 Å². The summed E-state index contributed by atoms with van der Waals surface area (Å²) in [6.07, 6.45) is 1.85. The van der Waals surface area contributed by atoms with Gasteiger partial charge in [-0.05, 0) is 23.8 Å². The summed E-state index contributed by atoms with van der Waals surface area (Å²) in [5.41, 5.74) is 2.84. The maximum absolute atomic E-state index is 5.14. The van der Waals surface area contributed by atoms with Crippen LogP contribution >= 0.6 is 23.5 Å². The molecule has 0 radical (unpaired) electrons. The van der Waals surface area contributed by atoms with Crippen LogP contribution in [0, 0.1) is 0 Å². The van der Waals surface area contributed by atoms with Gasteiger partial charge in [0.2, 0.25) is 0 Å². The second-order valence-corrected chi connectivity index (χ2v) is 5.49. The fourth-order valence-corrected chi connectivity index (χ4v) is 2.96. The first kappa shape index (κ1) is 12.4. The largest absolute Gasteiger partial charge is 0.497 e. The first-order valence-electron chi connectivity index (χ1n) is 5.69. The lowest BCUT2D eigenvalue weighted by molar-refractivity contribution is 0.414. The minimum Gasteiger partial charge on any atom is -0.497 e. The van der Waals surface area contributed by atoms with Crippen LogP contribution in [0.5, 0.6) is 5.75 Å². The summed E-state index contributed by atoms with van der Waals surface area (Å²) < 4.78 is 13.4. The minimum atomic E-state index is 0.721. The molecule has 0 aliphatic carbocycles. The van der Waals surface area contributed by atoms with Crippen LogP contribution in [0.1, 0.15) is 5.56 Å². The van der Waals surface area contributed by atoms with Crippen molar-refractivity contribution in [2.45, 2.75) is 10.6 Å². The fourth-order valence-electron chi connectivity index (χ4n) is 1.64. The van der Waals surface area contributed by atoms with Crippen molar-refractivity contribution in [2.75, 3.05) is 7.11 Å². The molecule has 0 spiro atoms. The quantitative estimate of drug-likeness (QED) is 0.689. The summed E-state index contributed by atoms with van der Waals surface area (Å²) in [5.74, 6) is 1.78. The van der Waals surface area contributed by atoms with Crippen LogP contribution in [-0.2, 0) is 5.75 Å². The first-order chi connectivity index (χ1) is 9.35. The smallest absolute Gasteiger partial charge is 0.193 e. The maximum atomic E-state index is 5.14. The van der Waals surface area contributed by atoms with Gasteiger partial charge in [-0.3, -0.25) is 0 Å². The molecule has 3 rings (SSSR count). The summed E-state index contributed by atoms with van der Waals surface area (Å²) in [6, 6.07) is 10.1. The number of benzene rings is 1. The number of pyridine rings is 1. The molecule has 6 heteroatoms. The van der Waals surface area contributed by atoms with Gasteiger partial charge in [-0.1, -0.05) is 12.1 Å². The first-order valence-corrected chi connectivity index (χ1v) is 7.41. The Morgan fingerprint density at radius 2 is 2.05 bits per heavy atom. The van der Waals surface area contributed by atoms with Gasteiger partial charge in [-0.25, -0.2) is 4.98 Å². The number of thioether (sulfide) groups is 1. The lowest BCUT2D eigenvalue weighted by Gasteiger charge is -2.03. The van der Waals surface area contributed by atoms with E-state index in [0.29, 0.717) is 0 Å². The van der Waals surface area contributed by atoms with Gasteiger partial charge in [0, 0.05) is 16.8 Å². The number of fused-ring (bicyclic) bond motifs is 1. The van der Waals surface area contributed by atoms with Gasteiger partial charge >= 0.3 is 0 Å². The molecule has 0 saturated heterocycles. The molecular weight excluding hydrogens is 278 g/mol. The zero-order chi connectivity index (χ0) is 13.1. The summed E-state index contributed by atoms with van der Waals surface area (Å²) >= 11 is 2.93. The molecule has 0 aliphatic rings. The van der Waals surface area contributed by atoms with Crippen LogP contribution in [0.4, 0.5) is 0 Å². The molecule has 0 fully saturated rings. The Morgan fingerprint density at radius 3 is 2.84 bits per heavy atom. The van der Waals surface area contributed by atoms with E-state index in [1.54, 1.807) is 18.9 Å². The van der Waals surface area contributed by atoms with Gasteiger partial charge in [0.15, 0.2) is 5.65 Å². The van der Waals surface area contributed by atoms with Crippen molar-refractivity contribution in [1.82, 2.24) is 13.7 Å². The predicted octanol–water partition coefficient (Wildman–Crippen LogP) is 3.39. The molecule has 4 nitrogen and oxygen atoms in total. The molecule has 0 unspecified atom stereocenters. The lowest BCUT2D eigenvalue weighted by atomic mass is 10.2. The van der Waals surface area contributed by atoms with E-state index in [-0.39, 0.29) is 0 Å². The van der Waals surface area contributed by atoms with Crippen LogP contribution in [0.15, 0.2) is 41.4 Å². The highest BCUT2D eigenvalue weighted by atomic mass is 32.2. The average Bonchev–Trinajstić information content (AvgIpc) is 2.93. The molecule has 0 atom stereocenters. The van der Waals surface area contributed by atoms with Crippen LogP contribution in [0.3, 0.4) is 0 Å². The number of methoxy groups -OCH3 is 1. The molecule has 0 aliphatic heterocycles. The Labute approximate surface area is 119 Å².